The van der Waals surface area contributed by atoms with E-state index in [2.05, 4.69) is 36.2 Å². The fourth-order valence-electron chi connectivity index (χ4n) is 3.02. The number of rotatable bonds is 7. The van der Waals surface area contributed by atoms with E-state index in [1.54, 1.807) is 0 Å². The number of anilines is 2. The van der Waals surface area contributed by atoms with Crippen LogP contribution in [0.4, 0.5) is 11.4 Å². The van der Waals surface area contributed by atoms with E-state index in [1.165, 1.54) is 11.3 Å². The van der Waals surface area contributed by atoms with Crippen LogP contribution in [0, 0.1) is 5.92 Å². The summed E-state index contributed by atoms with van der Waals surface area (Å²) in [5, 5.41) is 2.98. The molecule has 0 saturated carbocycles. The first-order valence-electron chi connectivity index (χ1n) is 8.97. The van der Waals surface area contributed by atoms with Gasteiger partial charge in [-0.25, -0.2) is 0 Å². The monoisotopic (exact) mass is 338 g/mol. The van der Waals surface area contributed by atoms with Crippen LogP contribution in [0.5, 0.6) is 5.75 Å². The molecule has 0 unspecified atom stereocenters. The summed E-state index contributed by atoms with van der Waals surface area (Å²) < 4.78 is 5.76. The largest absolute Gasteiger partial charge is 0.494 e. The summed E-state index contributed by atoms with van der Waals surface area (Å²) in [6, 6.07) is 15.9. The third-order valence-electron chi connectivity index (χ3n) is 4.40. The Labute approximate surface area is 149 Å². The van der Waals surface area contributed by atoms with Crippen LogP contribution in [-0.2, 0) is 11.2 Å². The Kier molecular flexibility index (Phi) is 5.59. The van der Waals surface area contributed by atoms with Crippen molar-refractivity contribution in [1.82, 2.24) is 0 Å². The molecular formula is C21H26N2O2. The van der Waals surface area contributed by atoms with Crippen molar-refractivity contribution in [3.8, 4) is 5.75 Å². The van der Waals surface area contributed by atoms with Crippen molar-refractivity contribution in [2.75, 3.05) is 29.9 Å². The highest BCUT2D eigenvalue weighted by atomic mass is 16.5. The number of benzene rings is 2. The smallest absolute Gasteiger partial charge is 0.243 e. The zero-order chi connectivity index (χ0) is 17.6. The molecule has 0 aromatic heterocycles. The van der Waals surface area contributed by atoms with E-state index in [9.17, 15) is 4.79 Å². The number of carbonyl (C=O) groups is 1. The second-order valence-electron chi connectivity index (χ2n) is 6.91. The molecule has 2 aromatic carbocycles. The summed E-state index contributed by atoms with van der Waals surface area (Å²) >= 11 is 0. The minimum absolute atomic E-state index is 0.00367. The van der Waals surface area contributed by atoms with Crippen LogP contribution in [0.1, 0.15) is 25.8 Å². The molecule has 1 heterocycles. The van der Waals surface area contributed by atoms with Crippen LogP contribution in [-0.4, -0.2) is 25.6 Å². The van der Waals surface area contributed by atoms with Gasteiger partial charge in [0.1, 0.15) is 5.75 Å². The summed E-state index contributed by atoms with van der Waals surface area (Å²) in [4.78, 5) is 14.5. The molecule has 1 aliphatic rings. The van der Waals surface area contributed by atoms with Crippen molar-refractivity contribution in [2.24, 2.45) is 5.92 Å². The van der Waals surface area contributed by atoms with Crippen molar-refractivity contribution in [3.63, 3.8) is 0 Å². The maximum absolute atomic E-state index is 12.4. The zero-order valence-electron chi connectivity index (χ0n) is 15.0. The Balaban J connectivity index is 1.55. The normalized spacial score (nSPS) is 13.0. The van der Waals surface area contributed by atoms with Crippen molar-refractivity contribution in [1.29, 1.82) is 0 Å². The first kappa shape index (κ1) is 17.3. The molecule has 25 heavy (non-hydrogen) atoms. The summed E-state index contributed by atoms with van der Waals surface area (Å²) in [5.41, 5.74) is 3.26. The number of amides is 1. The average molecular weight is 338 g/mol. The van der Waals surface area contributed by atoms with E-state index < -0.39 is 0 Å². The number of nitrogens with one attached hydrogen (secondary N) is 1. The second-order valence-corrected chi connectivity index (χ2v) is 6.91. The molecule has 1 amide bonds. The lowest BCUT2D eigenvalue weighted by molar-refractivity contribution is -0.115. The van der Waals surface area contributed by atoms with E-state index in [0.29, 0.717) is 19.1 Å². The second kappa shape index (κ2) is 8.06. The van der Waals surface area contributed by atoms with Gasteiger partial charge in [-0.3, -0.25) is 4.79 Å². The lowest BCUT2D eigenvalue weighted by atomic mass is 10.1. The van der Waals surface area contributed by atoms with E-state index in [0.717, 1.165) is 30.8 Å². The number of nitrogens with zero attached hydrogens (tertiary/aromatic N) is 1. The van der Waals surface area contributed by atoms with Crippen molar-refractivity contribution in [3.05, 3.63) is 54.1 Å². The first-order valence-corrected chi connectivity index (χ1v) is 8.97. The van der Waals surface area contributed by atoms with Crippen LogP contribution in [0.15, 0.2) is 48.5 Å². The maximum Gasteiger partial charge on any atom is 0.243 e. The fourth-order valence-corrected chi connectivity index (χ4v) is 3.02. The van der Waals surface area contributed by atoms with Crippen molar-refractivity contribution >= 4 is 17.3 Å². The molecule has 4 heteroatoms. The minimum Gasteiger partial charge on any atom is -0.494 e. The third-order valence-corrected chi connectivity index (χ3v) is 4.40. The summed E-state index contributed by atoms with van der Waals surface area (Å²) in [6.45, 7) is 6.31. The van der Waals surface area contributed by atoms with E-state index in [-0.39, 0.29) is 5.91 Å². The van der Waals surface area contributed by atoms with Gasteiger partial charge in [-0.2, -0.15) is 0 Å². The fraction of sp³-hybridized carbons (Fsp3) is 0.381. The number of fused-ring (bicyclic) bond motifs is 1. The van der Waals surface area contributed by atoms with Gasteiger partial charge in [-0.15, -0.1) is 0 Å². The lowest BCUT2D eigenvalue weighted by Gasteiger charge is -2.19. The van der Waals surface area contributed by atoms with Gasteiger partial charge in [0.05, 0.1) is 13.2 Å². The molecule has 0 spiro atoms. The highest BCUT2D eigenvalue weighted by molar-refractivity contribution is 5.94. The lowest BCUT2D eigenvalue weighted by Crippen LogP contribution is -2.31. The van der Waals surface area contributed by atoms with E-state index >= 15 is 0 Å². The highest BCUT2D eigenvalue weighted by Crippen LogP contribution is 2.27. The van der Waals surface area contributed by atoms with Gasteiger partial charge in [-0.1, -0.05) is 38.1 Å². The van der Waals surface area contributed by atoms with E-state index in [1.807, 2.05) is 36.4 Å². The van der Waals surface area contributed by atoms with Gasteiger partial charge in [0.2, 0.25) is 5.91 Å². The van der Waals surface area contributed by atoms with Gasteiger partial charge >= 0.3 is 0 Å². The first-order chi connectivity index (χ1) is 12.1. The molecule has 132 valence electrons. The van der Waals surface area contributed by atoms with Gasteiger partial charge in [-0.05, 0) is 42.5 Å². The molecular weight excluding hydrogens is 312 g/mol. The molecule has 2 aromatic rings. The number of ether oxygens (including phenoxy) is 1. The number of hydrogen-bond donors (Lipinski definition) is 1. The molecule has 1 N–H and O–H groups in total. The quantitative estimate of drug-likeness (QED) is 0.826. The SMILES string of the molecule is CC(C)CCOc1cccc(NC(=O)CN2CCc3ccccc32)c1. The summed E-state index contributed by atoms with van der Waals surface area (Å²) in [5.74, 6) is 1.41. The molecule has 0 radical (unpaired) electrons. The Bertz CT molecular complexity index is 727. The number of para-hydroxylation sites is 1. The van der Waals surface area contributed by atoms with Crippen molar-refractivity contribution < 1.29 is 9.53 Å². The molecule has 4 nitrogen and oxygen atoms in total. The Morgan fingerprint density at radius 3 is 2.88 bits per heavy atom. The molecule has 3 rings (SSSR count). The van der Waals surface area contributed by atoms with Gasteiger partial charge in [0, 0.05) is 24.0 Å². The predicted octanol–water partition coefficient (Wildman–Crippen LogP) is 4.11. The van der Waals surface area contributed by atoms with Crippen LogP contribution in [0.3, 0.4) is 0 Å². The van der Waals surface area contributed by atoms with Gasteiger partial charge in [0.25, 0.3) is 0 Å². The van der Waals surface area contributed by atoms with E-state index in [4.69, 9.17) is 4.74 Å². The Morgan fingerprint density at radius 1 is 1.20 bits per heavy atom. The molecule has 0 aliphatic carbocycles. The maximum atomic E-state index is 12.4. The molecule has 0 bridgehead atoms. The summed E-state index contributed by atoms with van der Waals surface area (Å²) in [6.07, 6.45) is 2.02. The average Bonchev–Trinajstić information content (AvgIpc) is 2.98. The van der Waals surface area contributed by atoms with Crippen LogP contribution in [0.2, 0.25) is 0 Å². The zero-order valence-corrected chi connectivity index (χ0v) is 15.0. The highest BCUT2D eigenvalue weighted by Gasteiger charge is 2.20. The van der Waals surface area contributed by atoms with Gasteiger partial charge in [0.15, 0.2) is 0 Å². The third kappa shape index (κ3) is 4.75. The van der Waals surface area contributed by atoms with Crippen molar-refractivity contribution in [2.45, 2.75) is 26.7 Å². The standard InChI is InChI=1S/C21H26N2O2/c1-16(2)11-13-25-19-8-5-7-18(14-19)22-21(24)15-23-12-10-17-6-3-4-9-20(17)23/h3-9,14,16H,10-13,15H2,1-2H3,(H,22,24). The molecule has 0 saturated heterocycles. The minimum atomic E-state index is -0.00367. The number of carbonyl (C=O) groups excluding carboxylic acids is 1. The topological polar surface area (TPSA) is 41.6 Å². The van der Waals surface area contributed by atoms with Gasteiger partial charge < -0.3 is 15.0 Å². The Hall–Kier alpha value is -2.49. The molecule has 0 fully saturated rings. The molecule has 0 atom stereocenters. The van der Waals surface area contributed by atoms with Crippen LogP contribution < -0.4 is 15.0 Å². The predicted molar refractivity (Wildman–Crippen MR) is 102 cm³/mol. The molecule has 1 aliphatic heterocycles. The number of hydrogen-bond acceptors (Lipinski definition) is 3. The Morgan fingerprint density at radius 2 is 2.04 bits per heavy atom. The van der Waals surface area contributed by atoms with Crippen LogP contribution >= 0.6 is 0 Å². The summed E-state index contributed by atoms with van der Waals surface area (Å²) in [7, 11) is 0. The van der Waals surface area contributed by atoms with Crippen LogP contribution in [0.25, 0.3) is 0 Å².